The van der Waals surface area contributed by atoms with E-state index < -0.39 is 21.5 Å². The van der Waals surface area contributed by atoms with Crippen LogP contribution in [-0.4, -0.2) is 31.4 Å². The molecule has 0 spiro atoms. The molecule has 1 aromatic carbocycles. The maximum absolute atomic E-state index is 12.4. The summed E-state index contributed by atoms with van der Waals surface area (Å²) in [6.07, 6.45) is 0.615. The van der Waals surface area contributed by atoms with Gasteiger partial charge in [-0.2, -0.15) is 0 Å². The van der Waals surface area contributed by atoms with Crippen LogP contribution in [0.4, 0.5) is 5.69 Å². The maximum Gasteiger partial charge on any atom is 0.275 e. The number of hydrogen-bond acceptors (Lipinski definition) is 6. The molecule has 26 heavy (non-hydrogen) atoms. The van der Waals surface area contributed by atoms with Gasteiger partial charge in [0.1, 0.15) is 5.69 Å². The predicted molar refractivity (Wildman–Crippen MR) is 107 cm³/mol. The van der Waals surface area contributed by atoms with Crippen LogP contribution in [0.5, 0.6) is 0 Å². The highest BCUT2D eigenvalue weighted by molar-refractivity contribution is 7.89. The number of carbonyl (C=O) groups excluding carboxylic acids is 1. The lowest BCUT2D eigenvalue weighted by Gasteiger charge is -2.20. The summed E-state index contributed by atoms with van der Waals surface area (Å²) in [5.41, 5.74) is 5.55. The third kappa shape index (κ3) is 6.33. The third-order valence-electron chi connectivity index (χ3n) is 2.99. The summed E-state index contributed by atoms with van der Waals surface area (Å²) in [6, 6.07) is 6.10. The molecule has 1 aromatic heterocycles. The average molecular weight is 419 g/mol. The SMILES string of the molecule is CC(C)(C)NS(=O)(=O)c1cccc(NC(=O)c2csc(CCN)n2)c1.Cl. The Labute approximate surface area is 163 Å². The molecular formula is C16H23ClN4O3S2. The molecule has 0 aliphatic heterocycles. The molecule has 0 atom stereocenters. The minimum atomic E-state index is -3.67. The number of sulfonamides is 1. The molecule has 1 amide bonds. The lowest BCUT2D eigenvalue weighted by Crippen LogP contribution is -2.40. The first-order valence-electron chi connectivity index (χ1n) is 7.70. The van der Waals surface area contributed by atoms with Gasteiger partial charge in [-0.3, -0.25) is 4.79 Å². The van der Waals surface area contributed by atoms with Crippen LogP contribution in [0.15, 0.2) is 34.5 Å². The molecule has 2 rings (SSSR count). The molecule has 4 N–H and O–H groups in total. The Bertz CT molecular complexity index is 860. The molecule has 1 heterocycles. The summed E-state index contributed by atoms with van der Waals surface area (Å²) < 4.78 is 27.3. The largest absolute Gasteiger partial charge is 0.330 e. The minimum Gasteiger partial charge on any atom is -0.330 e. The molecule has 144 valence electrons. The third-order valence-corrected chi connectivity index (χ3v) is 5.65. The summed E-state index contributed by atoms with van der Waals surface area (Å²) in [7, 11) is -3.67. The number of nitrogens with one attached hydrogen (secondary N) is 2. The van der Waals surface area contributed by atoms with Gasteiger partial charge in [0.15, 0.2) is 0 Å². The van der Waals surface area contributed by atoms with Gasteiger partial charge < -0.3 is 11.1 Å². The predicted octanol–water partition coefficient (Wildman–Crippen LogP) is 2.40. The van der Waals surface area contributed by atoms with Gasteiger partial charge in [-0.1, -0.05) is 6.07 Å². The first-order valence-corrected chi connectivity index (χ1v) is 10.1. The van der Waals surface area contributed by atoms with E-state index in [1.165, 1.54) is 23.5 Å². The summed E-state index contributed by atoms with van der Waals surface area (Å²) in [5.74, 6) is -0.391. The van der Waals surface area contributed by atoms with Gasteiger partial charge in [-0.05, 0) is 45.5 Å². The Hall–Kier alpha value is -1.52. The van der Waals surface area contributed by atoms with Crippen molar-refractivity contribution in [1.82, 2.24) is 9.71 Å². The number of aromatic nitrogens is 1. The van der Waals surface area contributed by atoms with Gasteiger partial charge in [-0.15, -0.1) is 23.7 Å². The van der Waals surface area contributed by atoms with Crippen molar-refractivity contribution in [2.75, 3.05) is 11.9 Å². The Morgan fingerprint density at radius 3 is 2.62 bits per heavy atom. The zero-order valence-corrected chi connectivity index (χ0v) is 17.2. The highest BCUT2D eigenvalue weighted by Gasteiger charge is 2.22. The van der Waals surface area contributed by atoms with E-state index in [0.29, 0.717) is 18.7 Å². The van der Waals surface area contributed by atoms with Crippen LogP contribution < -0.4 is 15.8 Å². The number of nitrogens with two attached hydrogens (primary N) is 1. The first-order chi connectivity index (χ1) is 11.6. The number of rotatable bonds is 6. The van der Waals surface area contributed by atoms with Gasteiger partial charge in [0.25, 0.3) is 5.91 Å². The molecule has 10 heteroatoms. The van der Waals surface area contributed by atoms with Gasteiger partial charge in [0.2, 0.25) is 10.0 Å². The van der Waals surface area contributed by atoms with Crippen molar-refractivity contribution in [3.63, 3.8) is 0 Å². The van der Waals surface area contributed by atoms with Gasteiger partial charge in [-0.25, -0.2) is 18.1 Å². The quantitative estimate of drug-likeness (QED) is 0.666. The van der Waals surface area contributed by atoms with E-state index >= 15 is 0 Å². The first kappa shape index (κ1) is 22.5. The Kier molecular flexibility index (Phi) is 7.72. The van der Waals surface area contributed by atoms with Gasteiger partial charge in [0, 0.05) is 23.0 Å². The number of hydrogen-bond donors (Lipinski definition) is 3. The highest BCUT2D eigenvalue weighted by Crippen LogP contribution is 2.19. The van der Waals surface area contributed by atoms with Crippen LogP contribution >= 0.6 is 23.7 Å². The fraction of sp³-hybridized carbons (Fsp3) is 0.375. The molecule has 0 bridgehead atoms. The molecule has 0 saturated carbocycles. The number of nitrogens with zero attached hydrogens (tertiary/aromatic N) is 1. The van der Waals surface area contributed by atoms with Crippen LogP contribution in [0.3, 0.4) is 0 Å². The van der Waals surface area contributed by atoms with Crippen molar-refractivity contribution in [2.24, 2.45) is 5.73 Å². The second kappa shape index (κ2) is 8.92. The van der Waals surface area contributed by atoms with Crippen LogP contribution in [0.25, 0.3) is 0 Å². The van der Waals surface area contributed by atoms with E-state index in [4.69, 9.17) is 5.73 Å². The molecule has 2 aromatic rings. The van der Waals surface area contributed by atoms with Gasteiger partial charge in [0.05, 0.1) is 9.90 Å². The Balaban J connectivity index is 0.00000338. The van der Waals surface area contributed by atoms with Crippen LogP contribution in [0.2, 0.25) is 0 Å². The van der Waals surface area contributed by atoms with E-state index in [1.807, 2.05) is 0 Å². The van der Waals surface area contributed by atoms with Crippen molar-refractivity contribution in [1.29, 1.82) is 0 Å². The molecule has 0 saturated heterocycles. The van der Waals surface area contributed by atoms with E-state index in [1.54, 1.807) is 38.3 Å². The average Bonchev–Trinajstić information content (AvgIpc) is 2.94. The normalized spacial score (nSPS) is 11.7. The fourth-order valence-electron chi connectivity index (χ4n) is 2.05. The van der Waals surface area contributed by atoms with Crippen molar-refractivity contribution < 1.29 is 13.2 Å². The molecular weight excluding hydrogens is 396 g/mol. The van der Waals surface area contributed by atoms with Gasteiger partial charge >= 0.3 is 0 Å². The van der Waals surface area contributed by atoms with E-state index in [2.05, 4.69) is 15.0 Å². The summed E-state index contributed by atoms with van der Waals surface area (Å²) in [4.78, 5) is 16.6. The Morgan fingerprint density at radius 1 is 1.31 bits per heavy atom. The lowest BCUT2D eigenvalue weighted by molar-refractivity contribution is 0.102. The Morgan fingerprint density at radius 2 is 2.00 bits per heavy atom. The van der Waals surface area contributed by atoms with E-state index in [-0.39, 0.29) is 23.0 Å². The summed E-state index contributed by atoms with van der Waals surface area (Å²) in [5, 5.41) is 5.12. The second-order valence-electron chi connectivity index (χ2n) is 6.50. The monoisotopic (exact) mass is 418 g/mol. The minimum absolute atomic E-state index is 0. The molecule has 7 nitrogen and oxygen atoms in total. The van der Waals surface area contributed by atoms with Crippen LogP contribution in [0.1, 0.15) is 36.3 Å². The maximum atomic E-state index is 12.4. The van der Waals surface area contributed by atoms with Crippen molar-refractivity contribution in [3.05, 3.63) is 40.3 Å². The standard InChI is InChI=1S/C16H22N4O3S2.ClH/c1-16(2,3)20-25(22,23)12-6-4-5-11(9-12)18-15(21)13-10-24-14(19-13)7-8-17;/h4-6,9-10,20H,7-8,17H2,1-3H3,(H,18,21);1H. The van der Waals surface area contributed by atoms with Crippen molar-refractivity contribution >= 4 is 45.4 Å². The smallest absolute Gasteiger partial charge is 0.275 e. The number of benzene rings is 1. The van der Waals surface area contributed by atoms with Crippen LogP contribution in [-0.2, 0) is 16.4 Å². The lowest BCUT2D eigenvalue weighted by atomic mass is 10.1. The van der Waals surface area contributed by atoms with E-state index in [9.17, 15) is 13.2 Å². The molecule has 0 unspecified atom stereocenters. The van der Waals surface area contributed by atoms with Crippen LogP contribution in [0, 0.1) is 0 Å². The fourth-order valence-corrected chi connectivity index (χ4v) is 4.31. The summed E-state index contributed by atoms with van der Waals surface area (Å²) in [6.45, 7) is 5.75. The molecule has 0 aliphatic carbocycles. The topological polar surface area (TPSA) is 114 Å². The number of halogens is 1. The zero-order valence-electron chi connectivity index (χ0n) is 14.8. The van der Waals surface area contributed by atoms with Crippen molar-refractivity contribution in [2.45, 2.75) is 37.6 Å². The number of carbonyl (C=O) groups is 1. The molecule has 0 aliphatic rings. The molecule has 0 fully saturated rings. The molecule has 0 radical (unpaired) electrons. The van der Waals surface area contributed by atoms with Crippen molar-refractivity contribution in [3.8, 4) is 0 Å². The van der Waals surface area contributed by atoms with E-state index in [0.717, 1.165) is 5.01 Å². The zero-order chi connectivity index (χ0) is 18.7. The second-order valence-corrected chi connectivity index (χ2v) is 9.13. The number of anilines is 1. The summed E-state index contributed by atoms with van der Waals surface area (Å²) >= 11 is 1.37. The number of amides is 1. The number of thiazole rings is 1. The highest BCUT2D eigenvalue weighted by atomic mass is 35.5.